The van der Waals surface area contributed by atoms with Gasteiger partial charge in [0.15, 0.2) is 0 Å². The van der Waals surface area contributed by atoms with Gasteiger partial charge in [-0.1, -0.05) is 29.4 Å². The third kappa shape index (κ3) is 5.55. The Morgan fingerprint density at radius 3 is 2.59 bits per heavy atom. The topological polar surface area (TPSA) is 96.5 Å². The molecule has 34 heavy (non-hydrogen) atoms. The summed E-state index contributed by atoms with van der Waals surface area (Å²) in [5.74, 6) is 0.756. The standard InChI is InChI=1S/C25H22FN3O5/c1-32-23(31)12-5-17-3-2-4-18(13-17)14-29-15-20(8-11-22(29)30)25-27-24(28-34-25)19-6-9-21(10-7-19)33-16-26/h2-4,6-11,13,15H,5,12,14,16H2,1H3. The third-order valence-corrected chi connectivity index (χ3v) is 5.18. The van der Waals surface area contributed by atoms with Crippen molar-refractivity contribution in [3.05, 3.63) is 88.3 Å². The summed E-state index contributed by atoms with van der Waals surface area (Å²) < 4.78 is 28.7. The number of rotatable bonds is 9. The predicted octanol–water partition coefficient (Wildman–Crippen LogP) is 4.03. The van der Waals surface area contributed by atoms with Crippen molar-refractivity contribution in [3.8, 4) is 28.6 Å². The number of benzene rings is 2. The van der Waals surface area contributed by atoms with Gasteiger partial charge in [0.25, 0.3) is 11.4 Å². The second-order valence-electron chi connectivity index (χ2n) is 7.48. The molecule has 4 rings (SSSR count). The van der Waals surface area contributed by atoms with E-state index in [1.54, 1.807) is 41.1 Å². The second kappa shape index (κ2) is 10.6. The van der Waals surface area contributed by atoms with Crippen LogP contribution in [0, 0.1) is 0 Å². The van der Waals surface area contributed by atoms with Crippen molar-refractivity contribution < 1.29 is 23.2 Å². The van der Waals surface area contributed by atoms with E-state index in [4.69, 9.17) is 14.0 Å². The summed E-state index contributed by atoms with van der Waals surface area (Å²) in [4.78, 5) is 28.3. The van der Waals surface area contributed by atoms with Gasteiger partial charge in [-0.15, -0.1) is 0 Å². The molecule has 0 radical (unpaired) electrons. The minimum Gasteiger partial charge on any atom is -0.469 e. The zero-order valence-corrected chi connectivity index (χ0v) is 18.4. The number of aromatic nitrogens is 3. The van der Waals surface area contributed by atoms with Gasteiger partial charge < -0.3 is 18.6 Å². The molecule has 0 saturated heterocycles. The van der Waals surface area contributed by atoms with E-state index in [2.05, 4.69) is 10.1 Å². The monoisotopic (exact) mass is 463 g/mol. The van der Waals surface area contributed by atoms with Gasteiger partial charge in [0, 0.05) is 24.2 Å². The summed E-state index contributed by atoms with van der Waals surface area (Å²) in [5, 5.41) is 4.00. The van der Waals surface area contributed by atoms with E-state index < -0.39 is 6.86 Å². The molecule has 8 nitrogen and oxygen atoms in total. The fraction of sp³-hybridized carbons (Fsp3) is 0.200. The lowest BCUT2D eigenvalue weighted by atomic mass is 10.1. The Balaban J connectivity index is 1.52. The van der Waals surface area contributed by atoms with Crippen LogP contribution in [0.1, 0.15) is 17.5 Å². The fourth-order valence-corrected chi connectivity index (χ4v) is 3.43. The predicted molar refractivity (Wildman–Crippen MR) is 122 cm³/mol. The van der Waals surface area contributed by atoms with Crippen molar-refractivity contribution in [1.82, 2.24) is 14.7 Å². The molecule has 2 heterocycles. The Morgan fingerprint density at radius 1 is 1.06 bits per heavy atom. The normalized spacial score (nSPS) is 10.8. The van der Waals surface area contributed by atoms with Gasteiger partial charge >= 0.3 is 5.97 Å². The average molecular weight is 463 g/mol. The number of alkyl halides is 1. The number of nitrogens with zero attached hydrogens (tertiary/aromatic N) is 3. The lowest BCUT2D eigenvalue weighted by Crippen LogP contribution is -2.19. The molecular weight excluding hydrogens is 441 g/mol. The van der Waals surface area contributed by atoms with E-state index >= 15 is 0 Å². The van der Waals surface area contributed by atoms with Crippen LogP contribution < -0.4 is 10.3 Å². The first-order valence-electron chi connectivity index (χ1n) is 10.5. The number of ether oxygens (including phenoxy) is 2. The molecule has 0 aliphatic heterocycles. The Hall–Kier alpha value is -4.27. The molecule has 0 spiro atoms. The number of pyridine rings is 1. The maximum Gasteiger partial charge on any atom is 0.305 e. The number of hydrogen-bond donors (Lipinski definition) is 0. The number of hydrogen-bond acceptors (Lipinski definition) is 7. The first-order valence-corrected chi connectivity index (χ1v) is 10.5. The molecule has 0 saturated carbocycles. The molecule has 9 heteroatoms. The highest BCUT2D eigenvalue weighted by molar-refractivity contribution is 5.69. The second-order valence-corrected chi connectivity index (χ2v) is 7.48. The minimum atomic E-state index is -0.904. The van der Waals surface area contributed by atoms with Crippen LogP contribution in [0.4, 0.5) is 4.39 Å². The van der Waals surface area contributed by atoms with Crippen molar-refractivity contribution in [2.75, 3.05) is 14.0 Å². The number of carbonyl (C=O) groups is 1. The molecule has 0 aliphatic carbocycles. The van der Waals surface area contributed by atoms with E-state index in [0.29, 0.717) is 42.1 Å². The van der Waals surface area contributed by atoms with Crippen molar-refractivity contribution >= 4 is 5.97 Å². The molecule has 2 aromatic carbocycles. The number of carbonyl (C=O) groups excluding carboxylic acids is 1. The molecule has 0 fully saturated rings. The number of aryl methyl sites for hydroxylation is 1. The first kappa shape index (κ1) is 22.9. The van der Waals surface area contributed by atoms with Gasteiger partial charge in [0.1, 0.15) is 5.75 Å². The lowest BCUT2D eigenvalue weighted by Gasteiger charge is -2.09. The highest BCUT2D eigenvalue weighted by Crippen LogP contribution is 2.23. The number of methoxy groups -OCH3 is 1. The Kier molecular flexibility index (Phi) is 7.12. The van der Waals surface area contributed by atoms with Crippen molar-refractivity contribution in [2.45, 2.75) is 19.4 Å². The summed E-state index contributed by atoms with van der Waals surface area (Å²) in [6.07, 6.45) is 2.51. The van der Waals surface area contributed by atoms with Crippen molar-refractivity contribution in [2.24, 2.45) is 0 Å². The molecule has 0 N–H and O–H groups in total. The zero-order valence-electron chi connectivity index (χ0n) is 18.4. The number of halogens is 1. The van der Waals surface area contributed by atoms with E-state index in [1.165, 1.54) is 13.2 Å². The molecule has 0 unspecified atom stereocenters. The van der Waals surface area contributed by atoms with Gasteiger partial charge in [-0.05, 0) is 47.9 Å². The highest BCUT2D eigenvalue weighted by atomic mass is 19.1. The van der Waals surface area contributed by atoms with Crippen molar-refractivity contribution in [1.29, 1.82) is 0 Å². The zero-order chi connectivity index (χ0) is 23.9. The van der Waals surface area contributed by atoms with Gasteiger partial charge in [-0.2, -0.15) is 4.98 Å². The summed E-state index contributed by atoms with van der Waals surface area (Å²) >= 11 is 0. The van der Waals surface area contributed by atoms with Crippen LogP contribution >= 0.6 is 0 Å². The highest BCUT2D eigenvalue weighted by Gasteiger charge is 2.13. The van der Waals surface area contributed by atoms with E-state index in [1.807, 2.05) is 24.3 Å². The maximum atomic E-state index is 12.5. The van der Waals surface area contributed by atoms with Crippen LogP contribution in [-0.4, -0.2) is 34.6 Å². The smallest absolute Gasteiger partial charge is 0.305 e. The van der Waals surface area contributed by atoms with Crippen molar-refractivity contribution in [3.63, 3.8) is 0 Å². The SMILES string of the molecule is COC(=O)CCc1cccc(Cn2cc(-c3nc(-c4ccc(OCF)cc4)no3)ccc2=O)c1. The van der Waals surface area contributed by atoms with Gasteiger partial charge in [0.2, 0.25) is 12.7 Å². The molecular formula is C25H22FN3O5. The van der Waals surface area contributed by atoms with Gasteiger partial charge in [0.05, 0.1) is 19.2 Å². The molecule has 0 atom stereocenters. The average Bonchev–Trinajstić information content (AvgIpc) is 3.35. The summed E-state index contributed by atoms with van der Waals surface area (Å²) in [6, 6.07) is 17.4. The summed E-state index contributed by atoms with van der Waals surface area (Å²) in [5.41, 5.74) is 3.00. The molecule has 0 aliphatic rings. The first-order chi connectivity index (χ1) is 16.6. The van der Waals surface area contributed by atoms with Crippen LogP contribution in [0.5, 0.6) is 5.75 Å². The maximum absolute atomic E-state index is 12.5. The van der Waals surface area contributed by atoms with Crippen LogP contribution in [-0.2, 0) is 22.5 Å². The lowest BCUT2D eigenvalue weighted by molar-refractivity contribution is -0.140. The van der Waals surface area contributed by atoms with Crippen LogP contribution in [0.2, 0.25) is 0 Å². The molecule has 174 valence electrons. The van der Waals surface area contributed by atoms with E-state index in [9.17, 15) is 14.0 Å². The minimum absolute atomic E-state index is 0.174. The van der Waals surface area contributed by atoms with E-state index in [0.717, 1.165) is 11.1 Å². The van der Waals surface area contributed by atoms with Crippen LogP contribution in [0.3, 0.4) is 0 Å². The Morgan fingerprint density at radius 2 is 1.82 bits per heavy atom. The Bertz CT molecular complexity index is 1330. The quantitative estimate of drug-likeness (QED) is 0.346. The molecule has 0 amide bonds. The fourth-order valence-electron chi connectivity index (χ4n) is 3.43. The van der Waals surface area contributed by atoms with Crippen LogP contribution in [0.15, 0.2) is 76.2 Å². The summed E-state index contributed by atoms with van der Waals surface area (Å²) in [6.45, 7) is -0.561. The largest absolute Gasteiger partial charge is 0.469 e. The molecule has 0 bridgehead atoms. The molecule has 2 aromatic heterocycles. The summed E-state index contributed by atoms with van der Waals surface area (Å²) in [7, 11) is 1.37. The number of esters is 1. The third-order valence-electron chi connectivity index (χ3n) is 5.18. The Labute approximate surface area is 194 Å². The van der Waals surface area contributed by atoms with Gasteiger partial charge in [-0.3, -0.25) is 9.59 Å². The van der Waals surface area contributed by atoms with Gasteiger partial charge in [-0.25, -0.2) is 4.39 Å². The van der Waals surface area contributed by atoms with E-state index in [-0.39, 0.29) is 17.4 Å². The molecule has 4 aromatic rings. The van der Waals surface area contributed by atoms with Crippen LogP contribution in [0.25, 0.3) is 22.8 Å².